The van der Waals surface area contributed by atoms with Crippen molar-refractivity contribution in [2.75, 3.05) is 17.2 Å². The van der Waals surface area contributed by atoms with E-state index in [1.807, 2.05) is 13.0 Å². The Balaban J connectivity index is 1.74. The molecule has 0 aliphatic rings. The van der Waals surface area contributed by atoms with Crippen LogP contribution in [0.25, 0.3) is 0 Å². The van der Waals surface area contributed by atoms with Gasteiger partial charge in [0.25, 0.3) is 11.8 Å². The summed E-state index contributed by atoms with van der Waals surface area (Å²) in [5.74, 6) is -0.563. The fraction of sp³-hybridized carbons (Fsp3) is 0.0909. The lowest BCUT2D eigenvalue weighted by atomic mass is 10.1. The van der Waals surface area contributed by atoms with Crippen LogP contribution in [0.1, 0.15) is 27.6 Å². The molecule has 0 fully saturated rings. The predicted molar refractivity (Wildman–Crippen MR) is 106 cm³/mol. The van der Waals surface area contributed by atoms with Crippen LogP contribution in [0, 0.1) is 5.82 Å². The third-order valence-electron chi connectivity index (χ3n) is 3.92. The maximum absolute atomic E-state index is 13.0. The molecule has 3 aromatic carbocycles. The van der Waals surface area contributed by atoms with E-state index in [4.69, 9.17) is 4.74 Å². The molecule has 3 aromatic rings. The van der Waals surface area contributed by atoms with Gasteiger partial charge < -0.3 is 15.4 Å². The van der Waals surface area contributed by atoms with Crippen LogP contribution in [0.15, 0.2) is 72.8 Å². The van der Waals surface area contributed by atoms with Crippen molar-refractivity contribution in [2.24, 2.45) is 0 Å². The van der Waals surface area contributed by atoms with E-state index in [1.165, 1.54) is 30.3 Å². The van der Waals surface area contributed by atoms with Gasteiger partial charge in [0.2, 0.25) is 0 Å². The van der Waals surface area contributed by atoms with Gasteiger partial charge in [0.1, 0.15) is 11.6 Å². The minimum Gasteiger partial charge on any atom is -0.492 e. The third kappa shape index (κ3) is 4.73. The predicted octanol–water partition coefficient (Wildman–Crippen LogP) is 4.73. The Kier molecular flexibility index (Phi) is 6.01. The standard InChI is InChI=1S/C22H19FN2O3/c1-2-28-20-9-4-3-8-19(20)25-22(27)16-7-5-6-15(14-16)21(26)24-18-12-10-17(23)11-13-18/h3-14H,2H2,1H3,(H,24,26)(H,25,27). The highest BCUT2D eigenvalue weighted by molar-refractivity contribution is 6.09. The molecular weight excluding hydrogens is 359 g/mol. The number of hydrogen-bond donors (Lipinski definition) is 2. The molecule has 0 unspecified atom stereocenters. The first-order chi connectivity index (χ1) is 13.6. The van der Waals surface area contributed by atoms with E-state index in [0.29, 0.717) is 34.9 Å². The van der Waals surface area contributed by atoms with Crippen LogP contribution < -0.4 is 15.4 Å². The van der Waals surface area contributed by atoms with Crippen molar-refractivity contribution in [2.45, 2.75) is 6.92 Å². The van der Waals surface area contributed by atoms with Crippen molar-refractivity contribution in [3.63, 3.8) is 0 Å². The lowest BCUT2D eigenvalue weighted by Crippen LogP contribution is -2.16. The van der Waals surface area contributed by atoms with Gasteiger partial charge in [-0.3, -0.25) is 9.59 Å². The summed E-state index contributed by atoms with van der Waals surface area (Å²) in [7, 11) is 0. The number of carbonyl (C=O) groups excluding carboxylic acids is 2. The van der Waals surface area contributed by atoms with Crippen LogP contribution >= 0.6 is 0 Å². The normalized spacial score (nSPS) is 10.2. The van der Waals surface area contributed by atoms with Crippen LogP contribution in [-0.2, 0) is 0 Å². The minimum atomic E-state index is -0.393. The number of para-hydroxylation sites is 2. The SMILES string of the molecule is CCOc1ccccc1NC(=O)c1cccc(C(=O)Nc2ccc(F)cc2)c1. The van der Waals surface area contributed by atoms with Gasteiger partial charge in [-0.15, -0.1) is 0 Å². The first kappa shape index (κ1) is 19.1. The van der Waals surface area contributed by atoms with Gasteiger partial charge in [-0.2, -0.15) is 0 Å². The molecule has 3 rings (SSSR count). The van der Waals surface area contributed by atoms with Crippen LogP contribution in [0.3, 0.4) is 0 Å². The van der Waals surface area contributed by atoms with Crippen LogP contribution in [0.5, 0.6) is 5.75 Å². The lowest BCUT2D eigenvalue weighted by molar-refractivity contribution is 0.102. The van der Waals surface area contributed by atoms with Crippen molar-refractivity contribution in [1.29, 1.82) is 0 Å². The van der Waals surface area contributed by atoms with Gasteiger partial charge in [-0.05, 0) is 61.5 Å². The summed E-state index contributed by atoms with van der Waals surface area (Å²) in [6.45, 7) is 2.34. The van der Waals surface area contributed by atoms with E-state index < -0.39 is 5.91 Å². The fourth-order valence-corrected chi connectivity index (χ4v) is 2.58. The molecule has 0 saturated carbocycles. The zero-order valence-corrected chi connectivity index (χ0v) is 15.2. The summed E-state index contributed by atoms with van der Waals surface area (Å²) < 4.78 is 18.5. The molecule has 6 heteroatoms. The second-order valence-corrected chi connectivity index (χ2v) is 5.93. The van der Waals surface area contributed by atoms with Gasteiger partial charge in [-0.1, -0.05) is 18.2 Å². The zero-order valence-electron chi connectivity index (χ0n) is 15.2. The maximum Gasteiger partial charge on any atom is 0.255 e. The summed E-state index contributed by atoms with van der Waals surface area (Å²) in [5.41, 5.74) is 1.66. The van der Waals surface area contributed by atoms with E-state index in [-0.39, 0.29) is 11.7 Å². The fourth-order valence-electron chi connectivity index (χ4n) is 2.58. The smallest absolute Gasteiger partial charge is 0.255 e. The Morgan fingerprint density at radius 1 is 0.857 bits per heavy atom. The van der Waals surface area contributed by atoms with Crippen molar-refractivity contribution >= 4 is 23.2 Å². The highest BCUT2D eigenvalue weighted by Gasteiger charge is 2.13. The molecule has 0 atom stereocenters. The highest BCUT2D eigenvalue weighted by Crippen LogP contribution is 2.24. The number of halogens is 1. The number of hydrogen-bond acceptors (Lipinski definition) is 3. The average Bonchev–Trinajstić information content (AvgIpc) is 2.71. The number of anilines is 2. The summed E-state index contributed by atoms with van der Waals surface area (Å²) in [4.78, 5) is 25.0. The molecule has 28 heavy (non-hydrogen) atoms. The average molecular weight is 378 g/mol. The highest BCUT2D eigenvalue weighted by atomic mass is 19.1. The van der Waals surface area contributed by atoms with E-state index in [2.05, 4.69) is 10.6 Å². The van der Waals surface area contributed by atoms with Gasteiger partial charge in [-0.25, -0.2) is 4.39 Å². The monoisotopic (exact) mass is 378 g/mol. The molecule has 0 radical (unpaired) electrons. The summed E-state index contributed by atoms with van der Waals surface area (Å²) in [6, 6.07) is 18.9. The van der Waals surface area contributed by atoms with Gasteiger partial charge in [0.15, 0.2) is 0 Å². The topological polar surface area (TPSA) is 67.4 Å². The first-order valence-corrected chi connectivity index (χ1v) is 8.77. The molecule has 0 saturated heterocycles. The van der Waals surface area contributed by atoms with Gasteiger partial charge >= 0.3 is 0 Å². The van der Waals surface area contributed by atoms with Gasteiger partial charge in [0, 0.05) is 16.8 Å². The summed E-state index contributed by atoms with van der Waals surface area (Å²) in [6.07, 6.45) is 0. The summed E-state index contributed by atoms with van der Waals surface area (Å²) >= 11 is 0. The number of ether oxygens (including phenoxy) is 1. The quantitative estimate of drug-likeness (QED) is 0.652. The van der Waals surface area contributed by atoms with E-state index in [1.54, 1.807) is 36.4 Å². The first-order valence-electron chi connectivity index (χ1n) is 8.77. The van der Waals surface area contributed by atoms with Crippen LogP contribution in [0.4, 0.5) is 15.8 Å². The van der Waals surface area contributed by atoms with Crippen molar-refractivity contribution < 1.29 is 18.7 Å². The molecule has 142 valence electrons. The van der Waals surface area contributed by atoms with Crippen molar-refractivity contribution in [1.82, 2.24) is 0 Å². The zero-order chi connectivity index (χ0) is 19.9. The number of nitrogens with one attached hydrogen (secondary N) is 2. The summed E-state index contributed by atoms with van der Waals surface area (Å²) in [5, 5.41) is 5.47. The Bertz CT molecular complexity index is 987. The van der Waals surface area contributed by atoms with Crippen molar-refractivity contribution in [3.8, 4) is 5.75 Å². The molecule has 0 aliphatic heterocycles. The minimum absolute atomic E-state index is 0.315. The molecular formula is C22H19FN2O3. The Morgan fingerprint density at radius 2 is 1.50 bits per heavy atom. The maximum atomic E-state index is 13.0. The molecule has 2 N–H and O–H groups in total. The molecule has 0 aromatic heterocycles. The molecule has 0 aliphatic carbocycles. The number of carbonyl (C=O) groups is 2. The molecule has 2 amide bonds. The largest absolute Gasteiger partial charge is 0.492 e. The molecule has 0 spiro atoms. The number of benzene rings is 3. The Morgan fingerprint density at radius 3 is 2.18 bits per heavy atom. The molecule has 5 nitrogen and oxygen atoms in total. The van der Waals surface area contributed by atoms with E-state index >= 15 is 0 Å². The van der Waals surface area contributed by atoms with Crippen LogP contribution in [0.2, 0.25) is 0 Å². The van der Waals surface area contributed by atoms with Gasteiger partial charge in [0.05, 0.1) is 12.3 Å². The number of rotatable bonds is 6. The molecule has 0 heterocycles. The molecule has 0 bridgehead atoms. The number of amides is 2. The third-order valence-corrected chi connectivity index (χ3v) is 3.92. The van der Waals surface area contributed by atoms with E-state index in [9.17, 15) is 14.0 Å². The van der Waals surface area contributed by atoms with E-state index in [0.717, 1.165) is 0 Å². The second-order valence-electron chi connectivity index (χ2n) is 5.93. The van der Waals surface area contributed by atoms with Crippen molar-refractivity contribution in [3.05, 3.63) is 89.7 Å². The Labute approximate surface area is 162 Å². The van der Waals surface area contributed by atoms with Crippen LogP contribution in [-0.4, -0.2) is 18.4 Å². The lowest BCUT2D eigenvalue weighted by Gasteiger charge is -2.12. The Hall–Kier alpha value is -3.67. The second kappa shape index (κ2) is 8.81.